The molecule has 0 aliphatic carbocycles. The van der Waals surface area contributed by atoms with Gasteiger partial charge in [-0.05, 0) is 37.5 Å². The monoisotopic (exact) mass is 408 g/mol. The van der Waals surface area contributed by atoms with Crippen molar-refractivity contribution >= 4 is 44.0 Å². The number of rotatable bonds is 7. The average molecular weight is 409 g/mol. The van der Waals surface area contributed by atoms with Crippen molar-refractivity contribution < 1.29 is 14.3 Å². The van der Waals surface area contributed by atoms with Gasteiger partial charge in [0.2, 0.25) is 12.7 Å². The van der Waals surface area contributed by atoms with Crippen LogP contribution in [0.5, 0.6) is 11.5 Å². The van der Waals surface area contributed by atoms with Crippen LogP contribution in [-0.2, 0) is 4.79 Å². The molecule has 2 aliphatic rings. The summed E-state index contributed by atoms with van der Waals surface area (Å²) in [6, 6.07) is 5.76. The summed E-state index contributed by atoms with van der Waals surface area (Å²) >= 11 is 1.44. The summed E-state index contributed by atoms with van der Waals surface area (Å²) in [5, 5.41) is 6.29. The van der Waals surface area contributed by atoms with Crippen molar-refractivity contribution in [3.05, 3.63) is 23.6 Å². The van der Waals surface area contributed by atoms with Crippen LogP contribution in [0.4, 0.5) is 5.13 Å². The molecule has 1 amide bonds. The van der Waals surface area contributed by atoms with E-state index in [4.69, 9.17) is 9.47 Å². The second-order valence-corrected chi connectivity index (χ2v) is 9.87. The summed E-state index contributed by atoms with van der Waals surface area (Å²) in [6.07, 6.45) is 5.14. The summed E-state index contributed by atoms with van der Waals surface area (Å²) in [5.41, 5.74) is 1.79. The van der Waals surface area contributed by atoms with E-state index in [1.807, 2.05) is 45.2 Å². The normalized spacial score (nSPS) is 18.2. The zero-order valence-corrected chi connectivity index (χ0v) is 16.7. The molecule has 1 fully saturated rings. The Bertz CT molecular complexity index is 775. The van der Waals surface area contributed by atoms with E-state index in [0.29, 0.717) is 11.6 Å². The lowest BCUT2D eigenvalue weighted by Gasteiger charge is -2.06. The molecule has 0 saturated carbocycles. The molecule has 3 heterocycles. The molecule has 0 bridgehead atoms. The first-order chi connectivity index (χ1) is 12.8. The van der Waals surface area contributed by atoms with Gasteiger partial charge in [-0.25, -0.2) is 4.98 Å². The number of benzene rings is 1. The number of nitrogens with zero attached hydrogens (tertiary/aromatic N) is 1. The SMILES string of the molecule is O=C(CCCCC1CCSS1)Nc1nc(-c2ccc3c(c2)OCO3)cs1. The molecular weight excluding hydrogens is 388 g/mol. The Balaban J connectivity index is 1.25. The van der Waals surface area contributed by atoms with Crippen molar-refractivity contribution in [1.29, 1.82) is 0 Å². The highest BCUT2D eigenvalue weighted by Crippen LogP contribution is 2.40. The Morgan fingerprint density at radius 1 is 1.27 bits per heavy atom. The molecule has 1 N–H and O–H groups in total. The molecule has 2 aliphatic heterocycles. The van der Waals surface area contributed by atoms with Gasteiger partial charge in [0.25, 0.3) is 0 Å². The number of aromatic nitrogens is 1. The molecular formula is C18H20N2O3S3. The van der Waals surface area contributed by atoms with E-state index in [0.717, 1.165) is 40.8 Å². The van der Waals surface area contributed by atoms with Crippen LogP contribution in [0, 0.1) is 0 Å². The third-order valence-corrected chi connectivity index (χ3v) is 8.09. The lowest BCUT2D eigenvalue weighted by Crippen LogP contribution is -2.11. The van der Waals surface area contributed by atoms with Crippen molar-refractivity contribution in [3.63, 3.8) is 0 Å². The number of anilines is 1. The van der Waals surface area contributed by atoms with Gasteiger partial charge in [-0.2, -0.15) is 0 Å². The zero-order chi connectivity index (χ0) is 17.8. The molecule has 5 nitrogen and oxygen atoms in total. The second kappa shape index (κ2) is 8.54. The Labute approximate surface area is 164 Å². The van der Waals surface area contributed by atoms with E-state index in [1.165, 1.54) is 29.9 Å². The van der Waals surface area contributed by atoms with E-state index < -0.39 is 0 Å². The number of fused-ring (bicyclic) bond motifs is 1. The number of hydrogen-bond acceptors (Lipinski definition) is 7. The van der Waals surface area contributed by atoms with E-state index >= 15 is 0 Å². The van der Waals surface area contributed by atoms with Crippen LogP contribution in [0.15, 0.2) is 23.6 Å². The average Bonchev–Trinajstić information content (AvgIpc) is 3.39. The van der Waals surface area contributed by atoms with Crippen molar-refractivity contribution in [2.45, 2.75) is 37.4 Å². The molecule has 8 heteroatoms. The molecule has 138 valence electrons. The fraction of sp³-hybridized carbons (Fsp3) is 0.444. The molecule has 2 aromatic rings. The third-order valence-electron chi connectivity index (χ3n) is 4.33. The first-order valence-corrected chi connectivity index (χ1v) is 12.0. The number of ether oxygens (including phenoxy) is 2. The molecule has 1 aromatic heterocycles. The summed E-state index contributed by atoms with van der Waals surface area (Å²) in [7, 11) is 3.97. The van der Waals surface area contributed by atoms with Gasteiger partial charge >= 0.3 is 0 Å². The van der Waals surface area contributed by atoms with Crippen molar-refractivity contribution in [2.24, 2.45) is 0 Å². The lowest BCUT2D eigenvalue weighted by molar-refractivity contribution is -0.116. The maximum Gasteiger partial charge on any atom is 0.231 e. The highest BCUT2D eigenvalue weighted by molar-refractivity contribution is 8.77. The Morgan fingerprint density at radius 3 is 3.08 bits per heavy atom. The first-order valence-electron chi connectivity index (χ1n) is 8.71. The lowest BCUT2D eigenvalue weighted by atomic mass is 10.1. The quantitative estimate of drug-likeness (QED) is 0.502. The minimum atomic E-state index is 0.0463. The van der Waals surface area contributed by atoms with Crippen LogP contribution in [-0.4, -0.2) is 28.7 Å². The molecule has 1 aromatic carbocycles. The summed E-state index contributed by atoms with van der Waals surface area (Å²) in [5.74, 6) is 2.81. The van der Waals surface area contributed by atoms with Gasteiger partial charge in [-0.15, -0.1) is 11.3 Å². The fourth-order valence-corrected chi connectivity index (χ4v) is 6.69. The minimum Gasteiger partial charge on any atom is -0.454 e. The highest BCUT2D eigenvalue weighted by Gasteiger charge is 2.17. The van der Waals surface area contributed by atoms with Crippen LogP contribution in [0.3, 0.4) is 0 Å². The zero-order valence-electron chi connectivity index (χ0n) is 14.2. The van der Waals surface area contributed by atoms with Crippen molar-refractivity contribution in [2.75, 3.05) is 17.9 Å². The van der Waals surface area contributed by atoms with Crippen molar-refractivity contribution in [1.82, 2.24) is 4.98 Å². The standard InChI is InChI=1S/C18H20N2O3S3/c21-17(4-2-1-3-13-7-8-25-26-13)20-18-19-14(10-24-18)12-5-6-15-16(9-12)23-11-22-15/h5-6,9-10,13H,1-4,7-8,11H2,(H,19,20,21). The van der Waals surface area contributed by atoms with E-state index in [2.05, 4.69) is 10.3 Å². The number of nitrogens with one attached hydrogen (secondary N) is 1. The summed E-state index contributed by atoms with van der Waals surface area (Å²) in [6.45, 7) is 0.259. The number of carbonyl (C=O) groups is 1. The number of amides is 1. The predicted octanol–water partition coefficient (Wildman–Crippen LogP) is 5.19. The van der Waals surface area contributed by atoms with Gasteiger partial charge in [-0.1, -0.05) is 28.0 Å². The smallest absolute Gasteiger partial charge is 0.231 e. The van der Waals surface area contributed by atoms with E-state index in [9.17, 15) is 4.79 Å². The summed E-state index contributed by atoms with van der Waals surface area (Å²) < 4.78 is 10.7. The number of carbonyl (C=O) groups excluding carboxylic acids is 1. The van der Waals surface area contributed by atoms with Gasteiger partial charge in [0.05, 0.1) is 5.69 Å². The van der Waals surface area contributed by atoms with Gasteiger partial charge in [0, 0.05) is 28.4 Å². The number of unbranched alkanes of at least 4 members (excludes halogenated alkanes) is 1. The fourth-order valence-electron chi connectivity index (χ4n) is 2.92. The van der Waals surface area contributed by atoms with E-state index in [-0.39, 0.29) is 12.7 Å². The largest absolute Gasteiger partial charge is 0.454 e. The molecule has 26 heavy (non-hydrogen) atoms. The van der Waals surface area contributed by atoms with E-state index in [1.54, 1.807) is 0 Å². The van der Waals surface area contributed by atoms with Crippen molar-refractivity contribution in [3.8, 4) is 22.8 Å². The van der Waals surface area contributed by atoms with Crippen LogP contribution in [0.2, 0.25) is 0 Å². The number of thiazole rings is 1. The van der Waals surface area contributed by atoms with Gasteiger partial charge in [0.1, 0.15) is 0 Å². The molecule has 0 radical (unpaired) electrons. The Hall–Kier alpha value is -1.38. The molecule has 0 spiro atoms. The van der Waals surface area contributed by atoms with Crippen LogP contribution < -0.4 is 14.8 Å². The molecule has 1 unspecified atom stereocenters. The topological polar surface area (TPSA) is 60.5 Å². The molecule has 1 saturated heterocycles. The minimum absolute atomic E-state index is 0.0463. The highest BCUT2D eigenvalue weighted by atomic mass is 33.1. The van der Waals surface area contributed by atoms with Gasteiger partial charge in [-0.3, -0.25) is 4.79 Å². The maximum atomic E-state index is 12.1. The third kappa shape index (κ3) is 4.47. The first kappa shape index (κ1) is 18.0. The van der Waals surface area contributed by atoms with Crippen LogP contribution in [0.25, 0.3) is 11.3 Å². The van der Waals surface area contributed by atoms with Gasteiger partial charge in [0.15, 0.2) is 16.6 Å². The Kier molecular flexibility index (Phi) is 5.91. The van der Waals surface area contributed by atoms with Crippen LogP contribution >= 0.6 is 32.9 Å². The number of hydrogen-bond donors (Lipinski definition) is 1. The maximum absolute atomic E-state index is 12.1. The van der Waals surface area contributed by atoms with Gasteiger partial charge < -0.3 is 14.8 Å². The molecule has 1 atom stereocenters. The molecule has 4 rings (SSSR count). The Morgan fingerprint density at radius 2 is 2.19 bits per heavy atom. The predicted molar refractivity (Wildman–Crippen MR) is 109 cm³/mol. The second-order valence-electron chi connectivity index (χ2n) is 6.23. The summed E-state index contributed by atoms with van der Waals surface area (Å²) in [4.78, 5) is 16.6. The van der Waals surface area contributed by atoms with Crippen LogP contribution in [0.1, 0.15) is 32.1 Å².